The number of benzene rings is 1. The molecule has 0 spiro atoms. The van der Waals surface area contributed by atoms with Crippen molar-refractivity contribution in [1.29, 1.82) is 0 Å². The summed E-state index contributed by atoms with van der Waals surface area (Å²) in [6.07, 6.45) is 2.52. The number of hydrogen-bond acceptors (Lipinski definition) is 5. The second-order valence-corrected chi connectivity index (χ2v) is 6.36. The van der Waals surface area contributed by atoms with Crippen LogP contribution in [0.3, 0.4) is 0 Å². The van der Waals surface area contributed by atoms with E-state index in [-0.39, 0.29) is 10.6 Å². The molecule has 2 N–H and O–H groups in total. The van der Waals surface area contributed by atoms with Crippen molar-refractivity contribution in [3.63, 3.8) is 0 Å². The van der Waals surface area contributed by atoms with Gasteiger partial charge in [-0.1, -0.05) is 6.42 Å². The molecule has 0 bridgehead atoms. The molecule has 1 aromatic carbocycles. The molecule has 104 valence electrons. The number of piperidine rings is 1. The van der Waals surface area contributed by atoms with Crippen LogP contribution in [0.1, 0.15) is 19.3 Å². The predicted octanol–water partition coefficient (Wildman–Crippen LogP) is 1.35. The van der Waals surface area contributed by atoms with Crippen LogP contribution in [0.4, 0.5) is 11.4 Å². The average molecular weight is 285 g/mol. The van der Waals surface area contributed by atoms with Crippen LogP contribution in [0.5, 0.6) is 0 Å². The second-order valence-electron chi connectivity index (χ2n) is 4.45. The summed E-state index contributed by atoms with van der Waals surface area (Å²) < 4.78 is 26.2. The Balaban J connectivity index is 2.49. The average Bonchev–Trinajstić information content (AvgIpc) is 2.39. The minimum atomic E-state index is -3.85. The Bertz CT molecular complexity index is 594. The lowest BCUT2D eigenvalue weighted by atomic mass is 10.2. The molecule has 7 nitrogen and oxygen atoms in total. The molecular weight excluding hydrogens is 270 g/mol. The maximum absolute atomic E-state index is 12.4. The first-order valence-electron chi connectivity index (χ1n) is 5.97. The van der Waals surface area contributed by atoms with Gasteiger partial charge in [0, 0.05) is 24.8 Å². The molecule has 1 aliphatic rings. The molecule has 8 heteroatoms. The quantitative estimate of drug-likeness (QED) is 0.512. The van der Waals surface area contributed by atoms with Crippen molar-refractivity contribution in [3.05, 3.63) is 28.3 Å². The first-order valence-corrected chi connectivity index (χ1v) is 7.41. The van der Waals surface area contributed by atoms with E-state index < -0.39 is 20.6 Å². The zero-order valence-corrected chi connectivity index (χ0v) is 11.1. The molecule has 0 aliphatic carbocycles. The second kappa shape index (κ2) is 5.14. The summed E-state index contributed by atoms with van der Waals surface area (Å²) in [6, 6.07) is 3.61. The van der Waals surface area contributed by atoms with Crippen LogP contribution >= 0.6 is 0 Å². The number of nitrogens with two attached hydrogens (primary N) is 1. The van der Waals surface area contributed by atoms with E-state index in [1.54, 1.807) is 0 Å². The minimum Gasteiger partial charge on any atom is -0.399 e. The maximum atomic E-state index is 12.4. The molecule has 0 unspecified atom stereocenters. The number of nitro groups is 1. The highest BCUT2D eigenvalue weighted by Gasteiger charge is 2.32. The Morgan fingerprint density at radius 2 is 1.84 bits per heavy atom. The molecule has 1 fully saturated rings. The Morgan fingerprint density at radius 3 is 2.42 bits per heavy atom. The SMILES string of the molecule is Nc1ccc([N+](=O)[O-])c(S(=O)(=O)N2CCCCC2)c1. The van der Waals surface area contributed by atoms with E-state index in [4.69, 9.17) is 5.73 Å². The first-order chi connectivity index (χ1) is 8.93. The minimum absolute atomic E-state index is 0.196. The summed E-state index contributed by atoms with van der Waals surface area (Å²) in [5.74, 6) is 0. The molecule has 19 heavy (non-hydrogen) atoms. The molecule has 0 aromatic heterocycles. The third kappa shape index (κ3) is 2.69. The number of nitrogens with zero attached hydrogens (tertiary/aromatic N) is 2. The fraction of sp³-hybridized carbons (Fsp3) is 0.455. The Kier molecular flexibility index (Phi) is 3.72. The van der Waals surface area contributed by atoms with Gasteiger partial charge in [-0.2, -0.15) is 4.31 Å². The van der Waals surface area contributed by atoms with E-state index in [0.29, 0.717) is 13.1 Å². The molecule has 2 rings (SSSR count). The van der Waals surface area contributed by atoms with Crippen molar-refractivity contribution >= 4 is 21.4 Å². The number of hydrogen-bond donors (Lipinski definition) is 1. The molecule has 0 radical (unpaired) electrons. The van der Waals surface area contributed by atoms with Crippen molar-refractivity contribution in [2.45, 2.75) is 24.2 Å². The zero-order valence-electron chi connectivity index (χ0n) is 10.3. The third-order valence-corrected chi connectivity index (χ3v) is 5.04. The summed E-state index contributed by atoms with van der Waals surface area (Å²) in [6.45, 7) is 0.794. The fourth-order valence-electron chi connectivity index (χ4n) is 2.13. The highest BCUT2D eigenvalue weighted by Crippen LogP contribution is 2.30. The lowest BCUT2D eigenvalue weighted by Crippen LogP contribution is -2.35. The van der Waals surface area contributed by atoms with Crippen LogP contribution < -0.4 is 5.73 Å². The molecule has 1 aromatic rings. The standard InChI is InChI=1S/C11H15N3O4S/c12-9-4-5-10(14(15)16)11(8-9)19(17,18)13-6-2-1-3-7-13/h4-5,8H,1-3,6-7,12H2. The van der Waals surface area contributed by atoms with Crippen LogP contribution in [0.25, 0.3) is 0 Å². The molecular formula is C11H15N3O4S. The van der Waals surface area contributed by atoms with E-state index in [1.165, 1.54) is 10.4 Å². The van der Waals surface area contributed by atoms with E-state index in [1.807, 2.05) is 0 Å². The van der Waals surface area contributed by atoms with E-state index in [0.717, 1.165) is 31.4 Å². The van der Waals surface area contributed by atoms with Gasteiger partial charge in [-0.15, -0.1) is 0 Å². The fourth-order valence-corrected chi connectivity index (χ4v) is 3.84. The van der Waals surface area contributed by atoms with Crippen molar-refractivity contribution < 1.29 is 13.3 Å². The summed E-state index contributed by atoms with van der Waals surface area (Å²) in [5, 5.41) is 10.9. The summed E-state index contributed by atoms with van der Waals surface area (Å²) in [4.78, 5) is 9.93. The molecule has 1 heterocycles. The lowest BCUT2D eigenvalue weighted by Gasteiger charge is -2.25. The molecule has 0 amide bonds. The van der Waals surface area contributed by atoms with Crippen molar-refractivity contribution in [3.8, 4) is 0 Å². The van der Waals surface area contributed by atoms with Gasteiger partial charge in [0.1, 0.15) is 0 Å². The number of rotatable bonds is 3. The van der Waals surface area contributed by atoms with Crippen LogP contribution in [0, 0.1) is 10.1 Å². The van der Waals surface area contributed by atoms with Crippen molar-refractivity contribution in [2.24, 2.45) is 0 Å². The number of nitrogen functional groups attached to an aromatic ring is 1. The van der Waals surface area contributed by atoms with E-state index in [2.05, 4.69) is 0 Å². The van der Waals surface area contributed by atoms with Gasteiger partial charge in [0.2, 0.25) is 10.0 Å². The highest BCUT2D eigenvalue weighted by atomic mass is 32.2. The lowest BCUT2D eigenvalue weighted by molar-refractivity contribution is -0.387. The van der Waals surface area contributed by atoms with Gasteiger partial charge in [-0.3, -0.25) is 10.1 Å². The highest BCUT2D eigenvalue weighted by molar-refractivity contribution is 7.89. The molecule has 0 saturated carbocycles. The monoisotopic (exact) mass is 285 g/mol. The van der Waals surface area contributed by atoms with Gasteiger partial charge >= 0.3 is 0 Å². The van der Waals surface area contributed by atoms with Gasteiger partial charge in [-0.25, -0.2) is 8.42 Å². The van der Waals surface area contributed by atoms with Gasteiger partial charge in [-0.05, 0) is 25.0 Å². The number of nitro benzene ring substituents is 1. The normalized spacial score (nSPS) is 17.3. The van der Waals surface area contributed by atoms with Crippen LogP contribution in [0.2, 0.25) is 0 Å². The van der Waals surface area contributed by atoms with Crippen molar-refractivity contribution in [2.75, 3.05) is 18.8 Å². The summed E-state index contributed by atoms with van der Waals surface area (Å²) >= 11 is 0. The predicted molar refractivity (Wildman–Crippen MR) is 70.1 cm³/mol. The topological polar surface area (TPSA) is 107 Å². The molecule has 1 saturated heterocycles. The van der Waals surface area contributed by atoms with Crippen LogP contribution in [-0.2, 0) is 10.0 Å². The van der Waals surface area contributed by atoms with Crippen LogP contribution in [-0.4, -0.2) is 30.7 Å². The van der Waals surface area contributed by atoms with E-state index >= 15 is 0 Å². The van der Waals surface area contributed by atoms with Gasteiger partial charge in [0.15, 0.2) is 4.90 Å². The third-order valence-electron chi connectivity index (χ3n) is 3.11. The Labute approximate surface area is 111 Å². The first kappa shape index (κ1) is 13.8. The maximum Gasteiger partial charge on any atom is 0.289 e. The summed E-state index contributed by atoms with van der Waals surface area (Å²) in [7, 11) is -3.85. The van der Waals surface area contributed by atoms with Gasteiger partial charge in [0.25, 0.3) is 5.69 Å². The number of anilines is 1. The van der Waals surface area contributed by atoms with Crippen molar-refractivity contribution in [1.82, 2.24) is 4.31 Å². The molecule has 1 aliphatic heterocycles. The zero-order chi connectivity index (χ0) is 14.0. The smallest absolute Gasteiger partial charge is 0.289 e. The Morgan fingerprint density at radius 1 is 1.21 bits per heavy atom. The largest absolute Gasteiger partial charge is 0.399 e. The van der Waals surface area contributed by atoms with E-state index in [9.17, 15) is 18.5 Å². The molecule has 0 atom stereocenters. The van der Waals surface area contributed by atoms with Gasteiger partial charge in [0.05, 0.1) is 4.92 Å². The number of sulfonamides is 1. The van der Waals surface area contributed by atoms with Gasteiger partial charge < -0.3 is 5.73 Å². The Hall–Kier alpha value is -1.67. The summed E-state index contributed by atoms with van der Waals surface area (Å²) in [5.41, 5.74) is 5.31. The van der Waals surface area contributed by atoms with Crippen LogP contribution in [0.15, 0.2) is 23.1 Å².